The zero-order valence-electron chi connectivity index (χ0n) is 59.8. The van der Waals surface area contributed by atoms with Gasteiger partial charge in [0.15, 0.2) is 12.4 Å². The van der Waals surface area contributed by atoms with Gasteiger partial charge in [0, 0.05) is 12.8 Å². The van der Waals surface area contributed by atoms with Crippen LogP contribution in [0.4, 0.5) is 0 Å². The number of ether oxygens (including phenoxy) is 4. The second-order valence-corrected chi connectivity index (χ2v) is 27.6. The van der Waals surface area contributed by atoms with Gasteiger partial charge in [0.1, 0.15) is 13.2 Å². The summed E-state index contributed by atoms with van der Waals surface area (Å²) in [6.07, 6.45) is 89.4. The van der Waals surface area contributed by atoms with Crippen LogP contribution in [0.15, 0.2) is 48.6 Å². The average molecular weight is 1250 g/mol. The molecule has 2 atom stereocenters. The molecular formula is C80H149NO8. The summed E-state index contributed by atoms with van der Waals surface area (Å²) >= 11 is 0. The van der Waals surface area contributed by atoms with E-state index in [1.165, 1.54) is 308 Å². The molecule has 0 N–H and O–H groups in total. The molecule has 0 saturated carbocycles. The SMILES string of the molecule is CCCCCCC/C=C\C/C=C\CCCCCCCCCCCCCCCCCCCCCCCCCC(=O)OC(COC(=O)CCCCCCCCCCCCCCCCCCC/C=C\C/C=C\CCCCCCC)COC(OCC[N+](C)(C)C)C(=O)[O-]. The Morgan fingerprint density at radius 2 is 0.607 bits per heavy atom. The van der Waals surface area contributed by atoms with E-state index in [-0.39, 0.29) is 32.2 Å². The summed E-state index contributed by atoms with van der Waals surface area (Å²) in [4.78, 5) is 37.6. The molecule has 0 aromatic carbocycles. The molecule has 0 fully saturated rings. The van der Waals surface area contributed by atoms with Crippen molar-refractivity contribution in [1.82, 2.24) is 0 Å². The molecule has 0 spiro atoms. The van der Waals surface area contributed by atoms with Crippen LogP contribution in [0.5, 0.6) is 0 Å². The first-order valence-electron chi connectivity index (χ1n) is 38.8. The molecule has 9 nitrogen and oxygen atoms in total. The highest BCUT2D eigenvalue weighted by Gasteiger charge is 2.22. The zero-order valence-corrected chi connectivity index (χ0v) is 59.8. The summed E-state index contributed by atoms with van der Waals surface area (Å²) in [6, 6.07) is 0. The molecule has 0 bridgehead atoms. The number of aliphatic carboxylic acids is 1. The van der Waals surface area contributed by atoms with Gasteiger partial charge in [-0.25, -0.2) is 0 Å². The summed E-state index contributed by atoms with van der Waals surface area (Å²) in [5.41, 5.74) is 0. The molecule has 0 heterocycles. The van der Waals surface area contributed by atoms with Gasteiger partial charge in [0.25, 0.3) is 0 Å². The van der Waals surface area contributed by atoms with E-state index in [1.54, 1.807) is 0 Å². The predicted molar refractivity (Wildman–Crippen MR) is 380 cm³/mol. The van der Waals surface area contributed by atoms with Crippen molar-refractivity contribution < 1.29 is 42.9 Å². The number of esters is 2. The number of allylic oxidation sites excluding steroid dienone is 8. The molecule has 0 radical (unpaired) electrons. The minimum Gasteiger partial charge on any atom is -0.545 e. The minimum atomic E-state index is -1.62. The molecule has 89 heavy (non-hydrogen) atoms. The smallest absolute Gasteiger partial charge is 0.306 e. The van der Waals surface area contributed by atoms with E-state index in [9.17, 15) is 19.5 Å². The van der Waals surface area contributed by atoms with Crippen LogP contribution in [-0.2, 0) is 33.3 Å². The molecule has 0 aliphatic carbocycles. The maximum atomic E-state index is 13.0. The highest BCUT2D eigenvalue weighted by atomic mass is 16.7. The Kier molecular flexibility index (Phi) is 68.9. The summed E-state index contributed by atoms with van der Waals surface area (Å²) in [5.74, 6) is -2.25. The number of carboxylic acid groups (broad SMARTS) is 1. The average Bonchev–Trinajstić information content (AvgIpc) is 3.64. The van der Waals surface area contributed by atoms with Crippen LogP contribution >= 0.6 is 0 Å². The van der Waals surface area contributed by atoms with Gasteiger partial charge < -0.3 is 33.3 Å². The largest absolute Gasteiger partial charge is 0.545 e. The number of carbonyl (C=O) groups is 3. The number of hydrogen-bond acceptors (Lipinski definition) is 8. The molecule has 0 aromatic rings. The molecule has 0 saturated heterocycles. The Morgan fingerprint density at radius 1 is 0.337 bits per heavy atom. The van der Waals surface area contributed by atoms with E-state index in [0.29, 0.717) is 17.4 Å². The third kappa shape index (κ3) is 72.5. The Bertz CT molecular complexity index is 1600. The van der Waals surface area contributed by atoms with E-state index in [4.69, 9.17) is 18.9 Å². The van der Waals surface area contributed by atoms with Gasteiger partial charge >= 0.3 is 11.9 Å². The van der Waals surface area contributed by atoms with Crippen molar-refractivity contribution in [3.63, 3.8) is 0 Å². The van der Waals surface area contributed by atoms with Crippen LogP contribution in [0, 0.1) is 0 Å². The number of rotatable bonds is 73. The summed E-state index contributed by atoms with van der Waals surface area (Å²) in [7, 11) is 5.95. The lowest BCUT2D eigenvalue weighted by molar-refractivity contribution is -0.870. The maximum Gasteiger partial charge on any atom is 0.306 e. The third-order valence-corrected chi connectivity index (χ3v) is 17.5. The fraction of sp³-hybridized carbons (Fsp3) is 0.863. The van der Waals surface area contributed by atoms with Crippen molar-refractivity contribution >= 4 is 17.9 Å². The molecule has 0 aromatic heterocycles. The van der Waals surface area contributed by atoms with Crippen LogP contribution in [0.1, 0.15) is 386 Å². The van der Waals surface area contributed by atoms with Crippen LogP contribution in [0.25, 0.3) is 0 Å². The molecular weight excluding hydrogens is 1100 g/mol. The van der Waals surface area contributed by atoms with Gasteiger partial charge in [-0.1, -0.05) is 345 Å². The van der Waals surface area contributed by atoms with Crippen molar-refractivity contribution in [3.8, 4) is 0 Å². The number of quaternary nitrogens is 1. The summed E-state index contributed by atoms with van der Waals surface area (Å²) in [5, 5.41) is 11.8. The number of carbonyl (C=O) groups excluding carboxylic acids is 3. The second kappa shape index (κ2) is 71.1. The lowest BCUT2D eigenvalue weighted by Gasteiger charge is -2.26. The van der Waals surface area contributed by atoms with Crippen molar-refractivity contribution in [2.24, 2.45) is 0 Å². The van der Waals surface area contributed by atoms with Gasteiger partial charge in [-0.2, -0.15) is 0 Å². The quantitative estimate of drug-likeness (QED) is 0.0195. The number of likely N-dealkylation sites (N-methyl/N-ethyl adjacent to an activating group) is 1. The number of nitrogens with zero attached hydrogens (tertiary/aromatic N) is 1. The van der Waals surface area contributed by atoms with Crippen molar-refractivity contribution in [3.05, 3.63) is 48.6 Å². The highest BCUT2D eigenvalue weighted by Crippen LogP contribution is 2.19. The molecule has 9 heteroatoms. The van der Waals surface area contributed by atoms with Gasteiger partial charge in [0.05, 0.1) is 40.3 Å². The van der Waals surface area contributed by atoms with Gasteiger partial charge in [0.2, 0.25) is 0 Å². The van der Waals surface area contributed by atoms with Crippen LogP contribution in [0.3, 0.4) is 0 Å². The van der Waals surface area contributed by atoms with E-state index >= 15 is 0 Å². The standard InChI is InChI=1S/C80H149NO8/c1-6-8-10-12-14-16-18-20-22-24-26-28-30-32-34-36-37-38-39-40-41-43-45-47-49-51-53-55-57-59-61-63-65-67-69-71-78(83)89-76(75-88-80(79(84)85)86-73-72-81(3,4)5)74-87-77(82)70-68-66-64-62-60-58-56-54-52-50-48-46-44-42-35-33-31-29-27-25-23-21-19-17-15-13-11-9-7-2/h18-21,24-27,76,80H,6-17,22-23,28-75H2,1-5H3/b20-18-,21-19-,26-24-,27-25-. The molecule has 2 unspecified atom stereocenters. The van der Waals surface area contributed by atoms with Crippen LogP contribution in [-0.4, -0.2) is 82.3 Å². The maximum absolute atomic E-state index is 13.0. The van der Waals surface area contributed by atoms with E-state index in [1.807, 2.05) is 21.1 Å². The van der Waals surface area contributed by atoms with E-state index in [2.05, 4.69) is 62.5 Å². The fourth-order valence-electron chi connectivity index (χ4n) is 11.6. The first kappa shape index (κ1) is 86.2. The molecule has 0 rings (SSSR count). The molecule has 0 aliphatic heterocycles. The van der Waals surface area contributed by atoms with Crippen molar-refractivity contribution in [2.45, 2.75) is 399 Å². The van der Waals surface area contributed by atoms with Gasteiger partial charge in [-0.3, -0.25) is 9.59 Å². The molecule has 0 aliphatic rings. The Hall–Kier alpha value is -2.75. The summed E-state index contributed by atoms with van der Waals surface area (Å²) < 4.78 is 22.9. The number of unbranched alkanes of at least 4 members (excludes halogenated alkanes) is 50. The van der Waals surface area contributed by atoms with E-state index < -0.39 is 24.3 Å². The monoisotopic (exact) mass is 1250 g/mol. The molecule has 522 valence electrons. The highest BCUT2D eigenvalue weighted by molar-refractivity contribution is 5.70. The topological polar surface area (TPSA) is 111 Å². The summed E-state index contributed by atoms with van der Waals surface area (Å²) in [6.45, 7) is 4.80. The van der Waals surface area contributed by atoms with Crippen molar-refractivity contribution in [2.75, 3.05) is 47.5 Å². The normalized spacial score (nSPS) is 12.9. The Balaban J connectivity index is 4.00. The second-order valence-electron chi connectivity index (χ2n) is 27.6. The first-order valence-corrected chi connectivity index (χ1v) is 38.8. The lowest BCUT2D eigenvalue weighted by atomic mass is 10.0. The Labute approximate surface area is 553 Å². The Morgan fingerprint density at radius 3 is 0.888 bits per heavy atom. The minimum absolute atomic E-state index is 0.150. The van der Waals surface area contributed by atoms with Crippen LogP contribution in [0.2, 0.25) is 0 Å². The van der Waals surface area contributed by atoms with Crippen molar-refractivity contribution in [1.29, 1.82) is 0 Å². The fourth-order valence-corrected chi connectivity index (χ4v) is 11.6. The number of hydrogen-bond donors (Lipinski definition) is 0. The number of carboxylic acids is 1. The third-order valence-electron chi connectivity index (χ3n) is 17.5. The predicted octanol–water partition coefficient (Wildman–Crippen LogP) is 23.1. The molecule has 0 amide bonds. The van der Waals surface area contributed by atoms with Gasteiger partial charge in [-0.15, -0.1) is 0 Å². The van der Waals surface area contributed by atoms with Crippen LogP contribution < -0.4 is 5.11 Å². The zero-order chi connectivity index (χ0) is 64.7. The van der Waals surface area contributed by atoms with Gasteiger partial charge in [-0.05, 0) is 77.0 Å². The lowest BCUT2D eigenvalue weighted by Crippen LogP contribution is -2.44. The van der Waals surface area contributed by atoms with E-state index in [0.717, 1.165) is 51.4 Å². The first-order chi connectivity index (χ1) is 43.6.